The molecular weight excluding hydrogens is 424 g/mol. The molecule has 1 fully saturated rings. The number of aliphatic hydroxyl groups is 1. The lowest BCUT2D eigenvalue weighted by molar-refractivity contribution is 0.0563. The maximum absolute atomic E-state index is 13.3. The van der Waals surface area contributed by atoms with Gasteiger partial charge in [0.2, 0.25) is 5.78 Å². The predicted octanol–water partition coefficient (Wildman–Crippen LogP) is 1.61. The van der Waals surface area contributed by atoms with Crippen molar-refractivity contribution in [3.63, 3.8) is 0 Å². The smallest absolute Gasteiger partial charge is 0.201 e. The zero-order chi connectivity index (χ0) is 23.4. The van der Waals surface area contributed by atoms with Gasteiger partial charge in [-0.2, -0.15) is 0 Å². The summed E-state index contributed by atoms with van der Waals surface area (Å²) in [7, 11) is 3.01. The van der Waals surface area contributed by atoms with Crippen LogP contribution in [0.1, 0.15) is 37.4 Å². The Hall–Kier alpha value is -2.78. The zero-order valence-corrected chi connectivity index (χ0v) is 19.1. The maximum Gasteiger partial charge on any atom is 0.201 e. The van der Waals surface area contributed by atoms with Crippen molar-refractivity contribution < 1.29 is 28.9 Å². The van der Waals surface area contributed by atoms with Gasteiger partial charge in [-0.3, -0.25) is 19.4 Å². The van der Waals surface area contributed by atoms with Gasteiger partial charge in [0.05, 0.1) is 45.2 Å². The summed E-state index contributed by atoms with van der Waals surface area (Å²) in [6.07, 6.45) is 0. The molecule has 0 radical (unpaired) electrons. The number of ketones is 2. The summed E-state index contributed by atoms with van der Waals surface area (Å²) in [5.74, 6) is 0.364. The van der Waals surface area contributed by atoms with Crippen LogP contribution in [-0.2, 0) is 11.3 Å². The monoisotopic (exact) mass is 454 g/mol. The van der Waals surface area contributed by atoms with Crippen LogP contribution in [0.3, 0.4) is 0 Å². The highest BCUT2D eigenvalue weighted by Crippen LogP contribution is 2.38. The molecule has 1 aliphatic carbocycles. The van der Waals surface area contributed by atoms with Gasteiger partial charge in [-0.1, -0.05) is 12.1 Å². The molecule has 8 heteroatoms. The molecule has 0 spiro atoms. The van der Waals surface area contributed by atoms with Crippen LogP contribution in [0.4, 0.5) is 0 Å². The van der Waals surface area contributed by atoms with Crippen LogP contribution in [0, 0.1) is 0 Å². The summed E-state index contributed by atoms with van der Waals surface area (Å²) in [5.41, 5.74) is 2.29. The summed E-state index contributed by atoms with van der Waals surface area (Å²) in [4.78, 5) is 31.3. The van der Waals surface area contributed by atoms with Crippen molar-refractivity contribution in [1.82, 2.24) is 9.80 Å². The van der Waals surface area contributed by atoms with Crippen LogP contribution in [0.2, 0.25) is 0 Å². The van der Waals surface area contributed by atoms with Gasteiger partial charge < -0.3 is 19.3 Å². The highest BCUT2D eigenvalue weighted by Gasteiger charge is 2.35. The molecule has 2 aromatic rings. The first-order valence-corrected chi connectivity index (χ1v) is 11.2. The first-order chi connectivity index (χ1) is 16.1. The van der Waals surface area contributed by atoms with Crippen molar-refractivity contribution in [2.24, 2.45) is 0 Å². The molecule has 8 nitrogen and oxygen atoms in total. The van der Waals surface area contributed by atoms with Gasteiger partial charge in [-0.25, -0.2) is 0 Å². The molecular formula is C25H30N2O6. The molecule has 1 N–H and O–H groups in total. The Kier molecular flexibility index (Phi) is 7.39. The third-order valence-corrected chi connectivity index (χ3v) is 6.23. The zero-order valence-electron chi connectivity index (χ0n) is 19.1. The number of aliphatic hydroxyl groups excluding tert-OH is 1. The van der Waals surface area contributed by atoms with Gasteiger partial charge in [0.1, 0.15) is 11.5 Å². The van der Waals surface area contributed by atoms with Crippen molar-refractivity contribution in [1.29, 1.82) is 0 Å². The molecule has 0 unspecified atom stereocenters. The lowest BCUT2D eigenvalue weighted by atomic mass is 9.82. The third kappa shape index (κ3) is 4.79. The molecule has 2 aliphatic rings. The van der Waals surface area contributed by atoms with Crippen molar-refractivity contribution in [2.75, 3.05) is 66.8 Å². The van der Waals surface area contributed by atoms with Crippen molar-refractivity contribution >= 4 is 11.6 Å². The van der Waals surface area contributed by atoms with E-state index < -0.39 is 0 Å². The topological polar surface area (TPSA) is 88.5 Å². The molecule has 4 rings (SSSR count). The minimum atomic E-state index is -0.252. The molecule has 0 saturated carbocycles. The van der Waals surface area contributed by atoms with E-state index in [1.165, 1.54) is 14.2 Å². The Bertz CT molecular complexity index is 1030. The molecule has 2 aromatic carbocycles. The van der Waals surface area contributed by atoms with Gasteiger partial charge in [-0.15, -0.1) is 0 Å². The number of carbonyl (C=O) groups is 2. The average molecular weight is 455 g/mol. The SMILES string of the molecule is COc1cccc2c1C(=O)c1c(OC)cc(CN3CCN(CCOCCO)CC3)cc1C2=O. The third-order valence-electron chi connectivity index (χ3n) is 6.23. The second-order valence-electron chi connectivity index (χ2n) is 8.22. The second kappa shape index (κ2) is 10.4. The molecule has 0 amide bonds. The molecule has 0 bridgehead atoms. The van der Waals surface area contributed by atoms with E-state index in [9.17, 15) is 9.59 Å². The lowest BCUT2D eigenvalue weighted by Gasteiger charge is -2.34. The fraction of sp³-hybridized carbons (Fsp3) is 0.440. The van der Waals surface area contributed by atoms with E-state index in [2.05, 4.69) is 9.80 Å². The standard InChI is InChI=1S/C25H30N2O6/c1-31-20-5-3-4-18-22(20)25(30)23-19(24(18)29)14-17(15-21(23)32-2)16-27-8-6-26(7-9-27)10-12-33-13-11-28/h3-5,14-15,28H,6-13,16H2,1-2H3. The van der Waals surface area contributed by atoms with Gasteiger partial charge in [0.25, 0.3) is 0 Å². The van der Waals surface area contributed by atoms with Crippen molar-refractivity contribution in [2.45, 2.75) is 6.54 Å². The summed E-state index contributed by atoms with van der Waals surface area (Å²) >= 11 is 0. The Morgan fingerprint density at radius 2 is 1.55 bits per heavy atom. The lowest BCUT2D eigenvalue weighted by Crippen LogP contribution is -2.46. The van der Waals surface area contributed by atoms with E-state index in [0.29, 0.717) is 53.5 Å². The van der Waals surface area contributed by atoms with E-state index in [0.717, 1.165) is 38.3 Å². The Morgan fingerprint density at radius 3 is 2.24 bits per heavy atom. The Morgan fingerprint density at radius 1 is 0.848 bits per heavy atom. The number of benzene rings is 2. The van der Waals surface area contributed by atoms with Gasteiger partial charge in [-0.05, 0) is 23.8 Å². The van der Waals surface area contributed by atoms with Crippen LogP contribution < -0.4 is 9.47 Å². The van der Waals surface area contributed by atoms with E-state index >= 15 is 0 Å². The molecule has 0 atom stereocenters. The number of piperazine rings is 1. The number of ether oxygens (including phenoxy) is 3. The predicted molar refractivity (Wildman–Crippen MR) is 122 cm³/mol. The number of hydrogen-bond acceptors (Lipinski definition) is 8. The first-order valence-electron chi connectivity index (χ1n) is 11.2. The quantitative estimate of drug-likeness (QED) is 0.488. The van der Waals surface area contributed by atoms with Crippen molar-refractivity contribution in [3.05, 3.63) is 58.1 Å². The van der Waals surface area contributed by atoms with Gasteiger partial charge in [0.15, 0.2) is 5.78 Å². The Labute approximate surface area is 193 Å². The van der Waals surface area contributed by atoms with E-state index in [1.807, 2.05) is 12.1 Å². The normalized spacial score (nSPS) is 16.5. The Balaban J connectivity index is 1.50. The number of nitrogens with zero attached hydrogens (tertiary/aromatic N) is 2. The summed E-state index contributed by atoms with van der Waals surface area (Å²) in [5, 5.41) is 8.79. The first kappa shape index (κ1) is 23.4. The highest BCUT2D eigenvalue weighted by atomic mass is 16.5. The molecule has 176 valence electrons. The molecule has 0 aromatic heterocycles. The fourth-order valence-electron chi connectivity index (χ4n) is 4.52. The summed E-state index contributed by atoms with van der Waals surface area (Å²) in [6, 6.07) is 8.77. The number of carbonyl (C=O) groups excluding carboxylic acids is 2. The number of hydrogen-bond donors (Lipinski definition) is 1. The van der Waals surface area contributed by atoms with E-state index in [-0.39, 0.29) is 18.2 Å². The summed E-state index contributed by atoms with van der Waals surface area (Å²) < 4.78 is 16.3. The van der Waals surface area contributed by atoms with E-state index in [4.69, 9.17) is 19.3 Å². The van der Waals surface area contributed by atoms with Crippen LogP contribution in [-0.4, -0.2) is 93.2 Å². The van der Waals surface area contributed by atoms with Crippen LogP contribution >= 0.6 is 0 Å². The number of rotatable bonds is 9. The van der Waals surface area contributed by atoms with Crippen LogP contribution in [0.15, 0.2) is 30.3 Å². The van der Waals surface area contributed by atoms with E-state index in [1.54, 1.807) is 18.2 Å². The minimum absolute atomic E-state index is 0.0469. The summed E-state index contributed by atoms with van der Waals surface area (Å²) in [6.45, 7) is 6.20. The van der Waals surface area contributed by atoms with Gasteiger partial charge >= 0.3 is 0 Å². The average Bonchev–Trinajstić information content (AvgIpc) is 2.85. The fourth-order valence-corrected chi connectivity index (χ4v) is 4.52. The van der Waals surface area contributed by atoms with Crippen LogP contribution in [0.5, 0.6) is 11.5 Å². The highest BCUT2D eigenvalue weighted by molar-refractivity contribution is 6.30. The minimum Gasteiger partial charge on any atom is -0.496 e. The van der Waals surface area contributed by atoms with Gasteiger partial charge in [0, 0.05) is 50.4 Å². The molecule has 33 heavy (non-hydrogen) atoms. The largest absolute Gasteiger partial charge is 0.496 e. The number of methoxy groups -OCH3 is 2. The molecule has 1 saturated heterocycles. The number of fused-ring (bicyclic) bond motifs is 2. The molecule has 1 heterocycles. The molecule has 1 aliphatic heterocycles. The van der Waals surface area contributed by atoms with Crippen LogP contribution in [0.25, 0.3) is 0 Å². The second-order valence-corrected chi connectivity index (χ2v) is 8.22. The van der Waals surface area contributed by atoms with Crippen molar-refractivity contribution in [3.8, 4) is 11.5 Å². The maximum atomic E-state index is 13.3.